The van der Waals surface area contributed by atoms with Crippen LogP contribution in [0.4, 0.5) is 0 Å². The van der Waals surface area contributed by atoms with E-state index in [2.05, 4.69) is 51.9 Å². The topological polar surface area (TPSA) is 66.2 Å². The lowest BCUT2D eigenvalue weighted by Crippen LogP contribution is -2.39. The average Bonchev–Trinajstić information content (AvgIpc) is 3.16. The molecule has 0 saturated heterocycles. The molecule has 1 aliphatic carbocycles. The Labute approximate surface area is 206 Å². The Morgan fingerprint density at radius 3 is 2.57 bits per heavy atom. The number of aromatic nitrogens is 3. The summed E-state index contributed by atoms with van der Waals surface area (Å²) in [6, 6.07) is 12.6. The molecular formula is C29H33N3O3. The first kappa shape index (κ1) is 23.5. The fourth-order valence-corrected chi connectivity index (χ4v) is 4.88. The SMILES string of the molecule is Cn1c2ccncc2c2ccc(-c3ccc(O[C@H]4C[C@H](OCCCCCCCC=O)C4)nc3)cc21. The Bertz CT molecular complexity index is 1280. The number of pyridine rings is 2. The lowest BCUT2D eigenvalue weighted by atomic mass is 9.92. The third-order valence-electron chi connectivity index (χ3n) is 7.04. The van der Waals surface area contributed by atoms with E-state index in [1.54, 1.807) is 0 Å². The number of aryl methyl sites for hydroxylation is 1. The Kier molecular flexibility index (Phi) is 7.38. The lowest BCUT2D eigenvalue weighted by Gasteiger charge is -2.34. The molecule has 0 spiro atoms. The molecule has 0 aliphatic heterocycles. The van der Waals surface area contributed by atoms with Crippen LogP contribution in [0.5, 0.6) is 5.88 Å². The molecule has 5 rings (SSSR count). The molecule has 0 unspecified atom stereocenters. The number of rotatable bonds is 12. The second-order valence-electron chi connectivity index (χ2n) is 9.50. The van der Waals surface area contributed by atoms with Crippen molar-refractivity contribution >= 4 is 28.1 Å². The van der Waals surface area contributed by atoms with Crippen molar-refractivity contribution in [3.05, 3.63) is 55.0 Å². The van der Waals surface area contributed by atoms with Crippen LogP contribution in [0.15, 0.2) is 55.0 Å². The number of hydrogen-bond donors (Lipinski definition) is 0. The molecule has 1 aliphatic rings. The number of aldehydes is 1. The minimum absolute atomic E-state index is 0.183. The van der Waals surface area contributed by atoms with E-state index in [0.29, 0.717) is 18.4 Å². The van der Waals surface area contributed by atoms with E-state index >= 15 is 0 Å². The highest BCUT2D eigenvalue weighted by molar-refractivity contribution is 6.08. The number of benzene rings is 1. The molecule has 0 radical (unpaired) electrons. The molecule has 0 N–H and O–H groups in total. The molecule has 3 heterocycles. The molecule has 1 fully saturated rings. The van der Waals surface area contributed by atoms with Gasteiger partial charge in [-0.1, -0.05) is 31.4 Å². The first-order valence-electron chi connectivity index (χ1n) is 12.7. The Morgan fingerprint density at radius 1 is 0.914 bits per heavy atom. The molecule has 3 aromatic heterocycles. The predicted molar refractivity (Wildman–Crippen MR) is 139 cm³/mol. The van der Waals surface area contributed by atoms with Crippen molar-refractivity contribution in [2.75, 3.05) is 6.61 Å². The smallest absolute Gasteiger partial charge is 0.213 e. The van der Waals surface area contributed by atoms with Crippen molar-refractivity contribution in [2.45, 2.75) is 63.6 Å². The minimum atomic E-state index is 0.183. The van der Waals surface area contributed by atoms with Crippen LogP contribution in [0.3, 0.4) is 0 Å². The number of carbonyl (C=O) groups excluding carboxylic acids is 1. The highest BCUT2D eigenvalue weighted by Crippen LogP contribution is 2.32. The number of ether oxygens (including phenoxy) is 2. The minimum Gasteiger partial charge on any atom is -0.474 e. The van der Waals surface area contributed by atoms with Gasteiger partial charge < -0.3 is 18.8 Å². The molecule has 0 atom stereocenters. The van der Waals surface area contributed by atoms with Crippen LogP contribution in [0.1, 0.15) is 51.4 Å². The lowest BCUT2D eigenvalue weighted by molar-refractivity contribution is -0.107. The van der Waals surface area contributed by atoms with Crippen LogP contribution < -0.4 is 4.74 Å². The van der Waals surface area contributed by atoms with Gasteiger partial charge in [-0.25, -0.2) is 4.98 Å². The first-order chi connectivity index (χ1) is 17.2. The molecule has 1 saturated carbocycles. The highest BCUT2D eigenvalue weighted by atomic mass is 16.5. The van der Waals surface area contributed by atoms with Gasteiger partial charge in [0.15, 0.2) is 0 Å². The van der Waals surface area contributed by atoms with Crippen molar-refractivity contribution in [3.63, 3.8) is 0 Å². The van der Waals surface area contributed by atoms with E-state index in [1.807, 2.05) is 24.7 Å². The van der Waals surface area contributed by atoms with Gasteiger partial charge in [-0.15, -0.1) is 0 Å². The van der Waals surface area contributed by atoms with Gasteiger partial charge in [0, 0.05) is 79.4 Å². The summed E-state index contributed by atoms with van der Waals surface area (Å²) < 4.78 is 14.2. The predicted octanol–water partition coefficient (Wildman–Crippen LogP) is 6.25. The molecule has 6 heteroatoms. The van der Waals surface area contributed by atoms with Gasteiger partial charge >= 0.3 is 0 Å². The Morgan fingerprint density at radius 2 is 1.74 bits per heavy atom. The zero-order chi connectivity index (χ0) is 24.0. The van der Waals surface area contributed by atoms with Crippen LogP contribution in [0.25, 0.3) is 32.9 Å². The summed E-state index contributed by atoms with van der Waals surface area (Å²) in [4.78, 5) is 19.2. The van der Waals surface area contributed by atoms with E-state index in [1.165, 1.54) is 34.6 Å². The summed E-state index contributed by atoms with van der Waals surface area (Å²) in [6.45, 7) is 0.815. The van der Waals surface area contributed by atoms with E-state index < -0.39 is 0 Å². The Hall–Kier alpha value is -3.25. The largest absolute Gasteiger partial charge is 0.474 e. The van der Waals surface area contributed by atoms with Crippen molar-refractivity contribution in [3.8, 4) is 17.0 Å². The zero-order valence-electron chi connectivity index (χ0n) is 20.4. The van der Waals surface area contributed by atoms with Crippen molar-refractivity contribution in [1.29, 1.82) is 0 Å². The second kappa shape index (κ2) is 11.0. The van der Waals surface area contributed by atoms with Gasteiger partial charge in [0.05, 0.1) is 11.6 Å². The van der Waals surface area contributed by atoms with Gasteiger partial charge in [-0.3, -0.25) is 4.98 Å². The molecule has 4 aromatic rings. The van der Waals surface area contributed by atoms with Crippen LogP contribution in [-0.4, -0.2) is 39.6 Å². The summed E-state index contributed by atoms with van der Waals surface area (Å²) in [5.41, 5.74) is 4.58. The van der Waals surface area contributed by atoms with Crippen LogP contribution >= 0.6 is 0 Å². The standard InChI is InChI=1S/C29H33N3O3/c1-32-27-12-13-30-20-26(27)25-10-8-21(16-28(25)32)22-9-11-29(31-19-22)35-24-17-23(18-24)34-15-7-5-3-2-4-6-14-33/h8-14,16,19-20,23-24H,2-7,15,17-18H2,1H3/t23-,24-. The number of carbonyl (C=O) groups is 1. The van der Waals surface area contributed by atoms with E-state index in [0.717, 1.165) is 56.1 Å². The third kappa shape index (κ3) is 5.38. The monoisotopic (exact) mass is 471 g/mol. The molecule has 0 bridgehead atoms. The summed E-state index contributed by atoms with van der Waals surface area (Å²) in [7, 11) is 2.09. The molecular weight excluding hydrogens is 438 g/mol. The summed E-state index contributed by atoms with van der Waals surface area (Å²) in [5.74, 6) is 0.671. The molecule has 35 heavy (non-hydrogen) atoms. The second-order valence-corrected chi connectivity index (χ2v) is 9.50. The summed E-state index contributed by atoms with van der Waals surface area (Å²) in [5, 5.41) is 2.39. The van der Waals surface area contributed by atoms with Gasteiger partial charge in [0.25, 0.3) is 0 Å². The summed E-state index contributed by atoms with van der Waals surface area (Å²) >= 11 is 0. The Balaban J connectivity index is 1.09. The first-order valence-corrected chi connectivity index (χ1v) is 12.7. The maximum absolute atomic E-state index is 10.3. The van der Waals surface area contributed by atoms with Gasteiger partial charge in [0.1, 0.15) is 12.4 Å². The number of hydrogen-bond acceptors (Lipinski definition) is 5. The van der Waals surface area contributed by atoms with Crippen LogP contribution in [-0.2, 0) is 16.6 Å². The molecule has 6 nitrogen and oxygen atoms in total. The maximum atomic E-state index is 10.3. The van der Waals surface area contributed by atoms with Crippen LogP contribution in [0.2, 0.25) is 0 Å². The molecule has 182 valence electrons. The fraction of sp³-hybridized carbons (Fsp3) is 0.414. The van der Waals surface area contributed by atoms with Gasteiger partial charge in [-0.2, -0.15) is 0 Å². The van der Waals surface area contributed by atoms with Crippen LogP contribution in [0, 0.1) is 0 Å². The molecule has 1 aromatic carbocycles. The average molecular weight is 472 g/mol. The number of fused-ring (bicyclic) bond motifs is 3. The van der Waals surface area contributed by atoms with Gasteiger partial charge in [0.2, 0.25) is 5.88 Å². The van der Waals surface area contributed by atoms with Gasteiger partial charge in [-0.05, 0) is 36.6 Å². The quantitative estimate of drug-likeness (QED) is 0.180. The van der Waals surface area contributed by atoms with Crippen molar-refractivity contribution in [1.82, 2.24) is 14.5 Å². The van der Waals surface area contributed by atoms with E-state index in [9.17, 15) is 4.79 Å². The van der Waals surface area contributed by atoms with E-state index in [4.69, 9.17) is 9.47 Å². The number of unbranched alkanes of at least 4 members (excludes halogenated alkanes) is 5. The molecule has 0 amide bonds. The third-order valence-corrected chi connectivity index (χ3v) is 7.04. The van der Waals surface area contributed by atoms with Crippen molar-refractivity contribution in [2.24, 2.45) is 7.05 Å². The number of nitrogens with zero attached hydrogens (tertiary/aromatic N) is 3. The zero-order valence-corrected chi connectivity index (χ0v) is 20.4. The maximum Gasteiger partial charge on any atom is 0.213 e. The summed E-state index contributed by atoms with van der Waals surface area (Å²) in [6.07, 6.45) is 15.3. The van der Waals surface area contributed by atoms with E-state index in [-0.39, 0.29) is 6.10 Å². The fourth-order valence-electron chi connectivity index (χ4n) is 4.88. The normalized spacial score (nSPS) is 17.5. The van der Waals surface area contributed by atoms with Crippen molar-refractivity contribution < 1.29 is 14.3 Å². The highest BCUT2D eigenvalue weighted by Gasteiger charge is 2.31.